The zero-order chi connectivity index (χ0) is 25.0. The lowest BCUT2D eigenvalue weighted by molar-refractivity contribution is -0.118. The first-order valence-electron chi connectivity index (χ1n) is 10.8. The first kappa shape index (κ1) is 24.6. The smallest absolute Gasteiger partial charge is 0.408 e. The van der Waals surface area contributed by atoms with E-state index in [1.165, 1.54) is 25.3 Å². The van der Waals surface area contributed by atoms with Crippen molar-refractivity contribution in [3.63, 3.8) is 0 Å². The molecular weight excluding hydrogens is 436 g/mol. The third-order valence-electron chi connectivity index (χ3n) is 5.15. The average molecular weight is 467 g/mol. The minimum Gasteiger partial charge on any atom is -0.495 e. The van der Waals surface area contributed by atoms with Crippen molar-refractivity contribution in [2.45, 2.75) is 38.8 Å². The summed E-state index contributed by atoms with van der Waals surface area (Å²) in [5.41, 5.74) is 7.00. The Bertz CT molecular complexity index is 1230. The molecule has 1 heterocycles. The van der Waals surface area contributed by atoms with Crippen molar-refractivity contribution in [3.8, 4) is 5.75 Å². The summed E-state index contributed by atoms with van der Waals surface area (Å²) >= 11 is 0. The molecule has 1 atom stereocenters. The number of nitrogens with zero attached hydrogens (tertiary/aromatic N) is 1. The Kier molecular flexibility index (Phi) is 7.14. The monoisotopic (exact) mass is 466 g/mol. The number of carbonyl (C=O) groups is 3. The zero-order valence-corrected chi connectivity index (χ0v) is 20.0. The molecule has 180 valence electrons. The third-order valence-corrected chi connectivity index (χ3v) is 5.15. The number of carbonyl (C=O) groups excluding carboxylic acids is 3. The molecule has 0 bridgehead atoms. The number of hydrogen-bond donors (Lipinski definition) is 3. The van der Waals surface area contributed by atoms with Crippen LogP contribution in [0.15, 0.2) is 48.7 Å². The van der Waals surface area contributed by atoms with E-state index in [-0.39, 0.29) is 17.7 Å². The van der Waals surface area contributed by atoms with Gasteiger partial charge < -0.3 is 30.4 Å². The quantitative estimate of drug-likeness (QED) is 0.492. The zero-order valence-electron chi connectivity index (χ0n) is 20.0. The summed E-state index contributed by atoms with van der Waals surface area (Å²) in [5.74, 6) is -0.796. The predicted molar refractivity (Wildman–Crippen MR) is 130 cm³/mol. The van der Waals surface area contributed by atoms with Gasteiger partial charge in [-0.1, -0.05) is 18.2 Å². The number of nitrogens with two attached hydrogens (primary N) is 1. The Morgan fingerprint density at radius 2 is 1.82 bits per heavy atom. The Balaban J connectivity index is 1.93. The Morgan fingerprint density at radius 3 is 2.47 bits per heavy atom. The molecule has 0 saturated carbocycles. The van der Waals surface area contributed by atoms with E-state index in [9.17, 15) is 14.4 Å². The molecule has 4 N–H and O–H groups in total. The number of anilines is 1. The van der Waals surface area contributed by atoms with E-state index in [4.69, 9.17) is 15.2 Å². The number of aryl methyl sites for hydroxylation is 1. The van der Waals surface area contributed by atoms with Gasteiger partial charge in [-0.3, -0.25) is 9.59 Å². The first-order valence-corrected chi connectivity index (χ1v) is 10.8. The Morgan fingerprint density at radius 1 is 1.12 bits per heavy atom. The molecular formula is C25H30N4O5. The standard InChI is InChI=1S/C25H30N4O5/c1-25(2,3)34-24(32)28-19(13-16-14-29(4)20-9-7-6-8-17(16)20)23(31)27-18-12-15(22(26)30)10-11-21(18)33-5/h6-12,14,19H,13H2,1-5H3,(H2,26,30)(H,27,31)(H,28,32)/t19-/m1/s1. The van der Waals surface area contributed by atoms with Gasteiger partial charge in [0.25, 0.3) is 0 Å². The molecule has 0 saturated heterocycles. The second kappa shape index (κ2) is 9.86. The maximum absolute atomic E-state index is 13.4. The summed E-state index contributed by atoms with van der Waals surface area (Å²) < 4.78 is 12.6. The lowest BCUT2D eigenvalue weighted by Gasteiger charge is -2.23. The van der Waals surface area contributed by atoms with Crippen LogP contribution >= 0.6 is 0 Å². The van der Waals surface area contributed by atoms with Crippen molar-refractivity contribution in [2.24, 2.45) is 12.8 Å². The second-order valence-electron chi connectivity index (χ2n) is 8.95. The van der Waals surface area contributed by atoms with Gasteiger partial charge in [-0.05, 0) is 50.6 Å². The number of methoxy groups -OCH3 is 1. The van der Waals surface area contributed by atoms with Gasteiger partial charge in [0, 0.05) is 36.1 Å². The summed E-state index contributed by atoms with van der Waals surface area (Å²) in [6.45, 7) is 5.23. The summed E-state index contributed by atoms with van der Waals surface area (Å²) in [6.07, 6.45) is 1.42. The minimum atomic E-state index is -0.970. The summed E-state index contributed by atoms with van der Waals surface area (Å²) in [5, 5.41) is 6.40. The van der Waals surface area contributed by atoms with Gasteiger partial charge in [0.15, 0.2) is 0 Å². The van der Waals surface area contributed by atoms with Crippen LogP contribution < -0.4 is 21.1 Å². The van der Waals surface area contributed by atoms with Crippen molar-refractivity contribution in [2.75, 3.05) is 12.4 Å². The highest BCUT2D eigenvalue weighted by atomic mass is 16.6. The number of primary amides is 1. The number of nitrogens with one attached hydrogen (secondary N) is 2. The molecule has 0 aliphatic carbocycles. The van der Waals surface area contributed by atoms with Crippen LogP contribution in [0.1, 0.15) is 36.7 Å². The lowest BCUT2D eigenvalue weighted by atomic mass is 10.0. The molecule has 34 heavy (non-hydrogen) atoms. The van der Waals surface area contributed by atoms with Gasteiger partial charge in [-0.25, -0.2) is 4.79 Å². The van der Waals surface area contributed by atoms with Gasteiger partial charge >= 0.3 is 6.09 Å². The van der Waals surface area contributed by atoms with Crippen molar-refractivity contribution in [1.29, 1.82) is 0 Å². The number of aromatic nitrogens is 1. The number of amides is 3. The molecule has 0 aliphatic heterocycles. The van der Waals surface area contributed by atoms with Gasteiger partial charge in [0.2, 0.25) is 11.8 Å². The fraction of sp³-hybridized carbons (Fsp3) is 0.320. The first-order chi connectivity index (χ1) is 16.0. The fourth-order valence-corrected chi connectivity index (χ4v) is 3.65. The van der Waals surface area contributed by atoms with E-state index < -0.39 is 29.6 Å². The topological polar surface area (TPSA) is 125 Å². The highest BCUT2D eigenvalue weighted by Gasteiger charge is 2.27. The van der Waals surface area contributed by atoms with E-state index >= 15 is 0 Å². The molecule has 9 nitrogen and oxygen atoms in total. The number of fused-ring (bicyclic) bond motifs is 1. The van der Waals surface area contributed by atoms with Crippen LogP contribution in [0.4, 0.5) is 10.5 Å². The number of benzene rings is 2. The highest BCUT2D eigenvalue weighted by molar-refractivity contribution is 6.00. The molecule has 0 unspecified atom stereocenters. The van der Waals surface area contributed by atoms with E-state index in [1.807, 2.05) is 42.1 Å². The maximum atomic E-state index is 13.4. The van der Waals surface area contributed by atoms with E-state index in [0.29, 0.717) is 5.75 Å². The van der Waals surface area contributed by atoms with Gasteiger partial charge in [0.05, 0.1) is 12.8 Å². The number of hydrogen-bond acceptors (Lipinski definition) is 5. The molecule has 0 spiro atoms. The number of alkyl carbamates (subject to hydrolysis) is 1. The molecule has 2 aromatic carbocycles. The molecule has 3 amide bonds. The predicted octanol–water partition coefficient (Wildman–Crippen LogP) is 3.36. The molecule has 1 aromatic heterocycles. The molecule has 0 radical (unpaired) electrons. The number of para-hydroxylation sites is 1. The summed E-state index contributed by atoms with van der Waals surface area (Å²) in [6, 6.07) is 11.3. The SMILES string of the molecule is COc1ccc(C(N)=O)cc1NC(=O)[C@@H](Cc1cn(C)c2ccccc12)NC(=O)OC(C)(C)C. The fourth-order valence-electron chi connectivity index (χ4n) is 3.65. The number of rotatable bonds is 7. The molecule has 0 fully saturated rings. The second-order valence-corrected chi connectivity index (χ2v) is 8.95. The molecule has 3 aromatic rings. The largest absolute Gasteiger partial charge is 0.495 e. The van der Waals surface area contributed by atoms with Crippen LogP contribution in [-0.4, -0.2) is 41.2 Å². The van der Waals surface area contributed by atoms with E-state index in [1.54, 1.807) is 20.8 Å². The Labute approximate surface area is 198 Å². The van der Waals surface area contributed by atoms with Crippen LogP contribution in [0.25, 0.3) is 10.9 Å². The van der Waals surface area contributed by atoms with Crippen molar-refractivity contribution >= 4 is 34.5 Å². The Hall–Kier alpha value is -4.01. The van der Waals surface area contributed by atoms with Crippen LogP contribution in [0.5, 0.6) is 5.75 Å². The highest BCUT2D eigenvalue weighted by Crippen LogP contribution is 2.27. The minimum absolute atomic E-state index is 0.210. The van der Waals surface area contributed by atoms with Crippen molar-refractivity contribution < 1.29 is 23.9 Å². The summed E-state index contributed by atoms with van der Waals surface area (Å²) in [7, 11) is 3.36. The van der Waals surface area contributed by atoms with Crippen LogP contribution in [-0.2, 0) is 23.0 Å². The third kappa shape index (κ3) is 5.86. The summed E-state index contributed by atoms with van der Waals surface area (Å²) in [4.78, 5) is 37.5. The average Bonchev–Trinajstić information content (AvgIpc) is 3.07. The van der Waals surface area contributed by atoms with Crippen molar-refractivity contribution in [1.82, 2.24) is 9.88 Å². The van der Waals surface area contributed by atoms with Crippen LogP contribution in [0.3, 0.4) is 0 Å². The molecule has 0 aliphatic rings. The molecule has 3 rings (SSSR count). The van der Waals surface area contributed by atoms with Crippen molar-refractivity contribution in [3.05, 3.63) is 59.8 Å². The van der Waals surface area contributed by atoms with E-state index in [0.717, 1.165) is 16.5 Å². The normalized spacial score (nSPS) is 12.1. The lowest BCUT2D eigenvalue weighted by Crippen LogP contribution is -2.47. The maximum Gasteiger partial charge on any atom is 0.408 e. The molecule has 9 heteroatoms. The van der Waals surface area contributed by atoms with Crippen LogP contribution in [0.2, 0.25) is 0 Å². The number of ether oxygens (including phenoxy) is 2. The van der Waals surface area contributed by atoms with Gasteiger partial charge in [0.1, 0.15) is 17.4 Å². The van der Waals surface area contributed by atoms with Gasteiger partial charge in [-0.15, -0.1) is 0 Å². The van der Waals surface area contributed by atoms with E-state index in [2.05, 4.69) is 10.6 Å². The van der Waals surface area contributed by atoms with Crippen LogP contribution in [0, 0.1) is 0 Å². The van der Waals surface area contributed by atoms with Gasteiger partial charge in [-0.2, -0.15) is 0 Å².